The van der Waals surface area contributed by atoms with Crippen LogP contribution in [-0.2, 0) is 14.2 Å². The fraction of sp³-hybridized carbons (Fsp3) is 0.857. The van der Waals surface area contributed by atoms with E-state index in [9.17, 15) is 4.79 Å². The molecular weight excluding hydrogens is 180 g/mol. The molecule has 6 heteroatoms. The second-order valence-electron chi connectivity index (χ2n) is 1.74. The Bertz CT molecular complexity index is 101. The lowest BCUT2D eigenvalue weighted by Crippen LogP contribution is -2.01. The van der Waals surface area contributed by atoms with Crippen LogP contribution in [-0.4, -0.2) is 50.1 Å². The third-order valence-corrected chi connectivity index (χ3v) is 0.705. The van der Waals surface area contributed by atoms with Crippen molar-refractivity contribution in [3.8, 4) is 0 Å². The van der Waals surface area contributed by atoms with Crippen LogP contribution in [0.25, 0.3) is 0 Å². The van der Waals surface area contributed by atoms with E-state index in [2.05, 4.69) is 14.2 Å². The molecule has 0 radical (unpaired) electrons. The molecule has 0 heterocycles. The Morgan fingerprint density at radius 3 is 2.31 bits per heavy atom. The zero-order valence-electron chi connectivity index (χ0n) is 7.86. The van der Waals surface area contributed by atoms with Gasteiger partial charge in [0.25, 0.3) is 0 Å². The fourth-order valence-corrected chi connectivity index (χ4v) is 0.330. The predicted molar refractivity (Wildman–Crippen MR) is 44.6 cm³/mol. The Kier molecular flexibility index (Phi) is 15.5. The molecule has 0 aromatic rings. The highest BCUT2D eigenvalue weighted by atomic mass is 16.7. The number of hydrogen-bond acceptors (Lipinski definition) is 5. The van der Waals surface area contributed by atoms with Crippen LogP contribution < -0.4 is 0 Å². The fourth-order valence-electron chi connectivity index (χ4n) is 0.330. The Labute approximate surface area is 77.0 Å². The molecule has 80 valence electrons. The van der Waals surface area contributed by atoms with Crippen molar-refractivity contribution in [3.05, 3.63) is 0 Å². The van der Waals surface area contributed by atoms with E-state index in [1.165, 1.54) is 7.11 Å². The number of aliphatic hydroxyl groups excluding tert-OH is 1. The van der Waals surface area contributed by atoms with E-state index >= 15 is 0 Å². The lowest BCUT2D eigenvalue weighted by molar-refractivity contribution is -0.0411. The minimum atomic E-state index is -1.21. The van der Waals surface area contributed by atoms with Crippen LogP contribution in [0.4, 0.5) is 4.79 Å². The van der Waals surface area contributed by atoms with Gasteiger partial charge in [-0.25, -0.2) is 4.79 Å². The molecule has 0 aliphatic rings. The number of ether oxygens (including phenoxy) is 3. The van der Waals surface area contributed by atoms with Crippen LogP contribution >= 0.6 is 0 Å². The van der Waals surface area contributed by atoms with Crippen LogP contribution in [0.15, 0.2) is 0 Å². The lowest BCUT2D eigenvalue weighted by Gasteiger charge is -1.96. The van der Waals surface area contributed by atoms with Crippen molar-refractivity contribution in [2.45, 2.75) is 6.92 Å². The molecule has 13 heavy (non-hydrogen) atoms. The molecular formula is C7H16O6. The molecule has 0 saturated heterocycles. The van der Waals surface area contributed by atoms with Gasteiger partial charge in [0.1, 0.15) is 6.79 Å². The van der Waals surface area contributed by atoms with E-state index in [0.717, 1.165) is 0 Å². The molecule has 0 aromatic heterocycles. The Hall–Kier alpha value is -0.850. The molecule has 0 bridgehead atoms. The minimum Gasteiger partial charge on any atom is -0.450 e. The smallest absolute Gasteiger partial charge is 0.450 e. The molecule has 0 aliphatic heterocycles. The van der Waals surface area contributed by atoms with E-state index in [1.807, 2.05) is 0 Å². The topological polar surface area (TPSA) is 85.2 Å². The first kappa shape index (κ1) is 14.7. The first-order valence-corrected chi connectivity index (χ1v) is 3.72. The molecule has 6 nitrogen and oxygen atoms in total. The lowest BCUT2D eigenvalue weighted by atomic mass is 10.8. The predicted octanol–water partition coefficient (Wildman–Crippen LogP) is 0.300. The highest BCUT2D eigenvalue weighted by molar-refractivity contribution is 5.56. The molecule has 0 atom stereocenters. The van der Waals surface area contributed by atoms with Crippen LogP contribution in [0.1, 0.15) is 6.92 Å². The molecule has 2 N–H and O–H groups in total. The van der Waals surface area contributed by atoms with Gasteiger partial charge in [0.05, 0.1) is 19.8 Å². The third-order valence-electron chi connectivity index (χ3n) is 0.705. The van der Waals surface area contributed by atoms with Crippen molar-refractivity contribution < 1.29 is 29.2 Å². The molecule has 0 unspecified atom stereocenters. The number of hydrogen-bond donors (Lipinski definition) is 2. The number of methoxy groups -OCH3 is 1. The van der Waals surface area contributed by atoms with Gasteiger partial charge in [0, 0.05) is 7.11 Å². The summed E-state index contributed by atoms with van der Waals surface area (Å²) >= 11 is 0. The van der Waals surface area contributed by atoms with Crippen LogP contribution in [0, 0.1) is 0 Å². The second-order valence-corrected chi connectivity index (χ2v) is 1.74. The first-order valence-electron chi connectivity index (χ1n) is 3.72. The molecule has 0 saturated carbocycles. The zero-order chi connectivity index (χ0) is 10.5. The van der Waals surface area contributed by atoms with Crippen molar-refractivity contribution in [1.82, 2.24) is 0 Å². The average Bonchev–Trinajstić information content (AvgIpc) is 2.06. The third kappa shape index (κ3) is 24.7. The highest BCUT2D eigenvalue weighted by Crippen LogP contribution is 1.70. The summed E-state index contributed by atoms with van der Waals surface area (Å²) in [6.45, 7) is 2.53. The first-order chi connectivity index (χ1) is 6.18. The molecule has 0 fully saturated rings. The Morgan fingerprint density at radius 2 is 2.08 bits per heavy atom. The number of carbonyl (C=O) groups is 1. The molecule has 0 amide bonds. The van der Waals surface area contributed by atoms with Gasteiger partial charge in [-0.05, 0) is 6.92 Å². The standard InChI is InChI=1S/C4H10O3.C3H6O3/c1-6-4-7-3-2-5;1-2-6-3(4)5/h5H,2-4H2,1H3;2H2,1H3,(H,4,5). The average molecular weight is 196 g/mol. The largest absolute Gasteiger partial charge is 0.505 e. The summed E-state index contributed by atoms with van der Waals surface area (Å²) in [5, 5.41) is 15.8. The van der Waals surface area contributed by atoms with E-state index in [0.29, 0.717) is 6.61 Å². The van der Waals surface area contributed by atoms with Gasteiger partial charge in [0.15, 0.2) is 0 Å². The summed E-state index contributed by atoms with van der Waals surface area (Å²) in [4.78, 5) is 9.38. The molecule has 0 rings (SSSR count). The Balaban J connectivity index is 0. The Morgan fingerprint density at radius 1 is 1.46 bits per heavy atom. The maximum atomic E-state index is 9.38. The number of rotatable bonds is 5. The number of carboxylic acid groups (broad SMARTS) is 1. The monoisotopic (exact) mass is 196 g/mol. The van der Waals surface area contributed by atoms with Gasteiger partial charge in [-0.3, -0.25) is 0 Å². The summed E-state index contributed by atoms with van der Waals surface area (Å²) in [6.07, 6.45) is -1.21. The summed E-state index contributed by atoms with van der Waals surface area (Å²) in [7, 11) is 1.54. The van der Waals surface area contributed by atoms with Crippen molar-refractivity contribution in [2.24, 2.45) is 0 Å². The molecule has 0 aromatic carbocycles. The van der Waals surface area contributed by atoms with Crippen LogP contribution in [0.3, 0.4) is 0 Å². The summed E-state index contributed by atoms with van der Waals surface area (Å²) in [5.74, 6) is 0. The highest BCUT2D eigenvalue weighted by Gasteiger charge is 1.86. The maximum Gasteiger partial charge on any atom is 0.505 e. The van der Waals surface area contributed by atoms with Gasteiger partial charge >= 0.3 is 6.16 Å². The van der Waals surface area contributed by atoms with Gasteiger partial charge in [0.2, 0.25) is 0 Å². The van der Waals surface area contributed by atoms with Crippen molar-refractivity contribution >= 4 is 6.16 Å². The summed E-state index contributed by atoms with van der Waals surface area (Å²) < 4.78 is 13.1. The maximum absolute atomic E-state index is 9.38. The number of aliphatic hydroxyl groups is 1. The van der Waals surface area contributed by atoms with E-state index in [-0.39, 0.29) is 20.0 Å². The van der Waals surface area contributed by atoms with Crippen LogP contribution in [0.2, 0.25) is 0 Å². The second kappa shape index (κ2) is 13.7. The van der Waals surface area contributed by atoms with Gasteiger partial charge in [-0.1, -0.05) is 0 Å². The van der Waals surface area contributed by atoms with E-state index in [1.54, 1.807) is 6.92 Å². The van der Waals surface area contributed by atoms with Gasteiger partial charge in [-0.15, -0.1) is 0 Å². The van der Waals surface area contributed by atoms with Crippen LogP contribution in [0.5, 0.6) is 0 Å². The minimum absolute atomic E-state index is 0.0589. The van der Waals surface area contributed by atoms with Crippen molar-refractivity contribution in [1.29, 1.82) is 0 Å². The van der Waals surface area contributed by atoms with Crippen molar-refractivity contribution in [2.75, 3.05) is 33.7 Å². The van der Waals surface area contributed by atoms with Gasteiger partial charge < -0.3 is 24.4 Å². The van der Waals surface area contributed by atoms with E-state index < -0.39 is 6.16 Å². The zero-order valence-corrected chi connectivity index (χ0v) is 7.86. The normalized spacial score (nSPS) is 8.54. The van der Waals surface area contributed by atoms with E-state index in [4.69, 9.17) is 10.2 Å². The summed E-state index contributed by atoms with van der Waals surface area (Å²) in [6, 6.07) is 0. The SMILES string of the molecule is CCOC(=O)O.COCOCCO. The quantitative estimate of drug-likeness (QED) is 0.373. The summed E-state index contributed by atoms with van der Waals surface area (Å²) in [5.41, 5.74) is 0. The van der Waals surface area contributed by atoms with Crippen molar-refractivity contribution in [3.63, 3.8) is 0 Å². The molecule has 0 aliphatic carbocycles. The molecule has 0 spiro atoms. The van der Waals surface area contributed by atoms with Gasteiger partial charge in [-0.2, -0.15) is 0 Å².